The molecular weight excluding hydrogens is 218 g/mol. The van der Waals surface area contributed by atoms with E-state index < -0.39 is 0 Å². The van der Waals surface area contributed by atoms with E-state index in [1.165, 1.54) is 50.6 Å². The molecule has 0 saturated heterocycles. The van der Waals surface area contributed by atoms with Crippen LogP contribution in [0.25, 0.3) is 0 Å². The molecule has 100 valence electrons. The first-order chi connectivity index (χ1) is 8.77. The Morgan fingerprint density at radius 3 is 2.56 bits per heavy atom. The quantitative estimate of drug-likeness (QED) is 0.724. The molecule has 0 spiro atoms. The molecule has 18 heavy (non-hydrogen) atoms. The normalized spacial score (nSPS) is 18.6. The monoisotopic (exact) mass is 245 g/mol. The van der Waals surface area contributed by atoms with E-state index in [1.807, 2.05) is 0 Å². The molecule has 0 heterocycles. The number of hydrogen-bond acceptors (Lipinski definition) is 1. The zero-order valence-corrected chi connectivity index (χ0v) is 11.9. The summed E-state index contributed by atoms with van der Waals surface area (Å²) in [5, 5.41) is 3.68. The zero-order chi connectivity index (χ0) is 12.8. The van der Waals surface area contributed by atoms with Crippen LogP contribution in [0.1, 0.15) is 51.5 Å². The molecule has 2 rings (SSSR count). The van der Waals surface area contributed by atoms with Crippen molar-refractivity contribution in [3.63, 3.8) is 0 Å². The Morgan fingerprint density at radius 2 is 1.94 bits per heavy atom. The van der Waals surface area contributed by atoms with Gasteiger partial charge in [-0.15, -0.1) is 0 Å². The lowest BCUT2D eigenvalue weighted by atomic mass is 9.90. The van der Waals surface area contributed by atoms with Crippen molar-refractivity contribution in [3.8, 4) is 0 Å². The van der Waals surface area contributed by atoms with Crippen molar-refractivity contribution in [1.82, 2.24) is 5.32 Å². The molecule has 1 aromatic rings. The first-order valence-electron chi connectivity index (χ1n) is 7.54. The van der Waals surface area contributed by atoms with Crippen molar-refractivity contribution >= 4 is 0 Å². The van der Waals surface area contributed by atoms with Crippen LogP contribution in [0.5, 0.6) is 0 Å². The molecule has 1 nitrogen and oxygen atoms in total. The van der Waals surface area contributed by atoms with Gasteiger partial charge in [-0.3, -0.25) is 0 Å². The van der Waals surface area contributed by atoms with Gasteiger partial charge in [0.15, 0.2) is 0 Å². The third kappa shape index (κ3) is 3.58. The number of benzene rings is 1. The molecule has 0 aromatic heterocycles. The summed E-state index contributed by atoms with van der Waals surface area (Å²) in [6.07, 6.45) is 8.06. The second kappa shape index (κ2) is 6.38. The van der Waals surface area contributed by atoms with Gasteiger partial charge in [-0.1, -0.05) is 37.3 Å². The summed E-state index contributed by atoms with van der Waals surface area (Å²) in [6, 6.07) is 11.6. The minimum absolute atomic E-state index is 0.629. The molecule has 1 atom stereocenters. The molecule has 1 heteroatoms. The molecule has 0 bridgehead atoms. The molecule has 1 saturated carbocycles. The summed E-state index contributed by atoms with van der Waals surface area (Å²) in [5.41, 5.74) is 2.12. The molecule has 1 N–H and O–H groups in total. The third-order valence-corrected chi connectivity index (χ3v) is 4.49. The molecule has 0 aliphatic heterocycles. The van der Waals surface area contributed by atoms with Gasteiger partial charge in [0.05, 0.1) is 0 Å². The van der Waals surface area contributed by atoms with E-state index in [0.29, 0.717) is 11.5 Å². The number of rotatable bonds is 8. The maximum atomic E-state index is 3.68. The second-order valence-corrected chi connectivity index (χ2v) is 5.88. The Labute approximate surface area is 112 Å². The summed E-state index contributed by atoms with van der Waals surface area (Å²) in [7, 11) is 0. The lowest BCUT2D eigenvalue weighted by molar-refractivity contribution is 0.324. The van der Waals surface area contributed by atoms with E-state index in [-0.39, 0.29) is 0 Å². The summed E-state index contributed by atoms with van der Waals surface area (Å²) in [5.74, 6) is 0. The minimum Gasteiger partial charge on any atom is -0.314 e. The highest BCUT2D eigenvalue weighted by Crippen LogP contribution is 2.52. The molecule has 1 aliphatic carbocycles. The van der Waals surface area contributed by atoms with Gasteiger partial charge in [-0.05, 0) is 63.0 Å². The highest BCUT2D eigenvalue weighted by Gasteiger charge is 2.45. The van der Waals surface area contributed by atoms with E-state index in [0.717, 1.165) is 0 Å². The largest absolute Gasteiger partial charge is 0.314 e. The Morgan fingerprint density at radius 1 is 1.22 bits per heavy atom. The summed E-state index contributed by atoms with van der Waals surface area (Å²) in [6.45, 7) is 5.79. The molecule has 0 amide bonds. The van der Waals surface area contributed by atoms with E-state index in [4.69, 9.17) is 0 Å². The number of nitrogens with one attached hydrogen (secondary N) is 1. The topological polar surface area (TPSA) is 12.0 Å². The van der Waals surface area contributed by atoms with Gasteiger partial charge in [0.25, 0.3) is 0 Å². The Balaban J connectivity index is 1.73. The Kier molecular flexibility index (Phi) is 4.82. The van der Waals surface area contributed by atoms with Crippen LogP contribution in [0, 0.1) is 5.41 Å². The average Bonchev–Trinajstić information content (AvgIpc) is 3.18. The molecule has 1 aromatic carbocycles. The highest BCUT2D eigenvalue weighted by molar-refractivity contribution is 5.14. The molecule has 1 fully saturated rings. The van der Waals surface area contributed by atoms with Gasteiger partial charge in [0.1, 0.15) is 0 Å². The van der Waals surface area contributed by atoms with Crippen molar-refractivity contribution in [2.24, 2.45) is 5.41 Å². The predicted molar refractivity (Wildman–Crippen MR) is 78.8 cm³/mol. The van der Waals surface area contributed by atoms with Gasteiger partial charge in [0.2, 0.25) is 0 Å². The Bertz CT molecular complexity index is 340. The summed E-state index contributed by atoms with van der Waals surface area (Å²) >= 11 is 0. The van der Waals surface area contributed by atoms with Crippen LogP contribution in [-0.4, -0.2) is 12.6 Å². The first kappa shape index (κ1) is 13.6. The van der Waals surface area contributed by atoms with E-state index in [9.17, 15) is 0 Å². The number of hydrogen-bond donors (Lipinski definition) is 1. The smallest absolute Gasteiger partial charge is 0.00951 e. The zero-order valence-electron chi connectivity index (χ0n) is 11.9. The lowest BCUT2D eigenvalue weighted by Gasteiger charge is -2.24. The maximum Gasteiger partial charge on any atom is 0.00951 e. The average molecular weight is 245 g/mol. The van der Waals surface area contributed by atoms with Crippen LogP contribution in [-0.2, 0) is 6.42 Å². The Hall–Kier alpha value is -0.820. The van der Waals surface area contributed by atoms with Crippen LogP contribution >= 0.6 is 0 Å². The second-order valence-electron chi connectivity index (χ2n) is 5.88. The fourth-order valence-electron chi connectivity index (χ4n) is 2.93. The SMILES string of the molecule is CCCNC(C)C1(CCCc2ccccc2)CC1. The standard InChI is InChI=1S/C17H27N/c1-3-14-18-15(2)17(12-13-17)11-7-10-16-8-5-4-6-9-16/h4-6,8-9,15,18H,3,7,10-14H2,1-2H3. The van der Waals surface area contributed by atoms with E-state index >= 15 is 0 Å². The van der Waals surface area contributed by atoms with Crippen molar-refractivity contribution in [3.05, 3.63) is 35.9 Å². The van der Waals surface area contributed by atoms with Crippen LogP contribution in [0.15, 0.2) is 30.3 Å². The number of aryl methyl sites for hydroxylation is 1. The van der Waals surface area contributed by atoms with Crippen molar-refractivity contribution < 1.29 is 0 Å². The molecule has 1 aliphatic rings. The minimum atomic E-state index is 0.629. The molecule has 1 unspecified atom stereocenters. The van der Waals surface area contributed by atoms with Crippen LogP contribution < -0.4 is 5.32 Å². The fourth-order valence-corrected chi connectivity index (χ4v) is 2.93. The van der Waals surface area contributed by atoms with Gasteiger partial charge in [0, 0.05) is 6.04 Å². The molecule has 0 radical (unpaired) electrons. The predicted octanol–water partition coefficient (Wildman–Crippen LogP) is 4.18. The van der Waals surface area contributed by atoms with Gasteiger partial charge < -0.3 is 5.32 Å². The van der Waals surface area contributed by atoms with Gasteiger partial charge >= 0.3 is 0 Å². The van der Waals surface area contributed by atoms with Gasteiger partial charge in [-0.25, -0.2) is 0 Å². The van der Waals surface area contributed by atoms with Crippen LogP contribution in [0.3, 0.4) is 0 Å². The fraction of sp³-hybridized carbons (Fsp3) is 0.647. The van der Waals surface area contributed by atoms with Crippen molar-refractivity contribution in [2.75, 3.05) is 6.54 Å². The highest BCUT2D eigenvalue weighted by atomic mass is 14.9. The van der Waals surface area contributed by atoms with Crippen LogP contribution in [0.4, 0.5) is 0 Å². The van der Waals surface area contributed by atoms with Crippen molar-refractivity contribution in [2.45, 2.75) is 58.4 Å². The maximum absolute atomic E-state index is 3.68. The first-order valence-corrected chi connectivity index (χ1v) is 7.54. The van der Waals surface area contributed by atoms with Crippen molar-refractivity contribution in [1.29, 1.82) is 0 Å². The summed E-state index contributed by atoms with van der Waals surface area (Å²) < 4.78 is 0. The molecular formula is C17H27N. The van der Waals surface area contributed by atoms with E-state index in [1.54, 1.807) is 0 Å². The third-order valence-electron chi connectivity index (χ3n) is 4.49. The van der Waals surface area contributed by atoms with Gasteiger partial charge in [-0.2, -0.15) is 0 Å². The lowest BCUT2D eigenvalue weighted by Crippen LogP contribution is -2.35. The van der Waals surface area contributed by atoms with Crippen LogP contribution in [0.2, 0.25) is 0 Å². The summed E-state index contributed by atoms with van der Waals surface area (Å²) in [4.78, 5) is 0. The van der Waals surface area contributed by atoms with E-state index in [2.05, 4.69) is 49.5 Å².